The van der Waals surface area contributed by atoms with E-state index in [-0.39, 0.29) is 6.61 Å². The van der Waals surface area contributed by atoms with Gasteiger partial charge in [0.25, 0.3) is 0 Å². The Kier molecular flexibility index (Phi) is 7.18. The summed E-state index contributed by atoms with van der Waals surface area (Å²) < 4.78 is 29.7. The van der Waals surface area contributed by atoms with Crippen LogP contribution in [0.15, 0.2) is 0 Å². The van der Waals surface area contributed by atoms with Crippen molar-refractivity contribution in [2.75, 3.05) is 32.6 Å². The summed E-state index contributed by atoms with van der Waals surface area (Å²) in [7, 11) is -3.22. The van der Waals surface area contributed by atoms with Gasteiger partial charge in [-0.3, -0.25) is 0 Å². The van der Waals surface area contributed by atoms with E-state index in [2.05, 4.69) is 10.0 Å². The molecule has 0 heterocycles. The number of rotatable bonds is 9. The van der Waals surface area contributed by atoms with Gasteiger partial charge in [-0.2, -0.15) is 0 Å². The molecule has 1 atom stereocenters. The quantitative estimate of drug-likeness (QED) is 0.515. The van der Waals surface area contributed by atoms with E-state index in [1.807, 2.05) is 6.92 Å². The minimum Gasteiger partial charge on any atom is -0.389 e. The highest BCUT2D eigenvalue weighted by Crippen LogP contribution is 2.01. The molecule has 0 aromatic rings. The molecule has 0 rings (SSSR count). The summed E-state index contributed by atoms with van der Waals surface area (Å²) >= 11 is 0. The minimum absolute atomic E-state index is 0.281. The third kappa shape index (κ3) is 10.7. The van der Waals surface area contributed by atoms with Crippen LogP contribution in [0.4, 0.5) is 0 Å². The lowest BCUT2D eigenvalue weighted by Gasteiger charge is -2.26. The summed E-state index contributed by atoms with van der Waals surface area (Å²) in [6.07, 6.45) is 0.544. The number of nitrogens with one attached hydrogen (secondary N) is 2. The molecule has 0 aliphatic heterocycles. The molecule has 0 spiro atoms. The first kappa shape index (κ1) is 16.8. The average molecular weight is 268 g/mol. The maximum atomic E-state index is 11.1. The van der Waals surface area contributed by atoms with E-state index in [9.17, 15) is 13.5 Å². The Morgan fingerprint density at radius 2 is 2.00 bits per heavy atom. The molecule has 0 bridgehead atoms. The standard InChI is InChI=1S/C10H24N2O4S/c1-5-16-7-9(13)6-11-8-10(2,3)12-17(4,14)15/h9,11-13H,5-8H2,1-4H3. The maximum absolute atomic E-state index is 11.1. The first-order valence-electron chi connectivity index (χ1n) is 5.62. The number of aliphatic hydroxyl groups excluding tert-OH is 1. The van der Waals surface area contributed by atoms with Gasteiger partial charge in [0.05, 0.1) is 19.0 Å². The number of hydrogen-bond donors (Lipinski definition) is 3. The van der Waals surface area contributed by atoms with E-state index in [0.29, 0.717) is 19.7 Å². The molecule has 0 saturated heterocycles. The van der Waals surface area contributed by atoms with E-state index in [0.717, 1.165) is 6.26 Å². The zero-order chi connectivity index (χ0) is 13.5. The maximum Gasteiger partial charge on any atom is 0.209 e. The largest absolute Gasteiger partial charge is 0.389 e. The summed E-state index contributed by atoms with van der Waals surface area (Å²) in [6.45, 7) is 7.06. The summed E-state index contributed by atoms with van der Waals surface area (Å²) in [4.78, 5) is 0. The third-order valence-electron chi connectivity index (χ3n) is 1.92. The van der Waals surface area contributed by atoms with Crippen molar-refractivity contribution in [3.8, 4) is 0 Å². The number of hydrogen-bond acceptors (Lipinski definition) is 5. The molecule has 6 nitrogen and oxygen atoms in total. The lowest BCUT2D eigenvalue weighted by Crippen LogP contribution is -2.51. The zero-order valence-electron chi connectivity index (χ0n) is 11.0. The highest BCUT2D eigenvalue weighted by Gasteiger charge is 2.21. The molecular formula is C10H24N2O4S. The second-order valence-electron chi connectivity index (χ2n) is 4.70. The van der Waals surface area contributed by atoms with Crippen molar-refractivity contribution >= 4 is 10.0 Å². The van der Waals surface area contributed by atoms with Crippen LogP contribution in [0.2, 0.25) is 0 Å². The van der Waals surface area contributed by atoms with Gasteiger partial charge in [0.1, 0.15) is 0 Å². The van der Waals surface area contributed by atoms with Crippen molar-refractivity contribution in [1.29, 1.82) is 0 Å². The van der Waals surface area contributed by atoms with Crippen LogP contribution in [0.5, 0.6) is 0 Å². The molecule has 104 valence electrons. The molecule has 17 heavy (non-hydrogen) atoms. The second kappa shape index (κ2) is 7.27. The molecular weight excluding hydrogens is 244 g/mol. The molecule has 0 aromatic heterocycles. The fraction of sp³-hybridized carbons (Fsp3) is 1.00. The molecule has 0 fully saturated rings. The topological polar surface area (TPSA) is 87.7 Å². The lowest BCUT2D eigenvalue weighted by molar-refractivity contribution is 0.0423. The van der Waals surface area contributed by atoms with Gasteiger partial charge in [-0.05, 0) is 20.8 Å². The van der Waals surface area contributed by atoms with Crippen molar-refractivity contribution < 1.29 is 18.3 Å². The van der Waals surface area contributed by atoms with Gasteiger partial charge in [-0.25, -0.2) is 13.1 Å². The smallest absolute Gasteiger partial charge is 0.209 e. The van der Waals surface area contributed by atoms with Crippen LogP contribution in [-0.4, -0.2) is 57.7 Å². The van der Waals surface area contributed by atoms with Crippen LogP contribution in [0, 0.1) is 0 Å². The van der Waals surface area contributed by atoms with E-state index in [1.165, 1.54) is 0 Å². The predicted octanol–water partition coefficient (Wildman–Crippen LogP) is -0.699. The Morgan fingerprint density at radius 1 is 1.41 bits per heavy atom. The molecule has 0 saturated carbocycles. The zero-order valence-corrected chi connectivity index (χ0v) is 11.8. The van der Waals surface area contributed by atoms with Gasteiger partial charge in [-0.1, -0.05) is 0 Å². The van der Waals surface area contributed by atoms with E-state index in [4.69, 9.17) is 4.74 Å². The fourth-order valence-electron chi connectivity index (χ4n) is 1.40. The second-order valence-corrected chi connectivity index (χ2v) is 6.45. The van der Waals surface area contributed by atoms with E-state index >= 15 is 0 Å². The Balaban J connectivity index is 3.87. The van der Waals surface area contributed by atoms with Crippen LogP contribution in [0.3, 0.4) is 0 Å². The molecule has 0 aliphatic carbocycles. The Labute approximate surface area is 104 Å². The molecule has 0 aliphatic rings. The predicted molar refractivity (Wildman–Crippen MR) is 67.4 cm³/mol. The SMILES string of the molecule is CCOCC(O)CNCC(C)(C)NS(C)(=O)=O. The molecule has 0 aromatic carbocycles. The molecule has 1 unspecified atom stereocenters. The highest BCUT2D eigenvalue weighted by atomic mass is 32.2. The Hall–Kier alpha value is -0.210. The summed E-state index contributed by atoms with van der Waals surface area (Å²) in [6, 6.07) is 0. The van der Waals surface area contributed by atoms with Crippen LogP contribution < -0.4 is 10.0 Å². The molecule has 7 heteroatoms. The van der Waals surface area contributed by atoms with Crippen LogP contribution in [-0.2, 0) is 14.8 Å². The first-order chi connectivity index (χ1) is 7.66. The van der Waals surface area contributed by atoms with Gasteiger partial charge < -0.3 is 15.2 Å². The van der Waals surface area contributed by atoms with Crippen molar-refractivity contribution in [1.82, 2.24) is 10.0 Å². The van der Waals surface area contributed by atoms with Gasteiger partial charge in [0.2, 0.25) is 10.0 Å². The summed E-state index contributed by atoms with van der Waals surface area (Å²) in [5.41, 5.74) is -0.584. The Bertz CT molecular complexity index is 303. The number of aliphatic hydroxyl groups is 1. The highest BCUT2D eigenvalue weighted by molar-refractivity contribution is 7.88. The fourth-order valence-corrected chi connectivity index (χ4v) is 2.48. The summed E-state index contributed by atoms with van der Waals surface area (Å²) in [5, 5.41) is 12.5. The first-order valence-corrected chi connectivity index (χ1v) is 7.51. The Morgan fingerprint density at radius 3 is 2.47 bits per heavy atom. The van der Waals surface area contributed by atoms with Gasteiger partial charge in [0, 0.05) is 25.2 Å². The molecule has 0 amide bonds. The van der Waals surface area contributed by atoms with Gasteiger partial charge >= 0.3 is 0 Å². The lowest BCUT2D eigenvalue weighted by atomic mass is 10.1. The number of sulfonamides is 1. The monoisotopic (exact) mass is 268 g/mol. The average Bonchev–Trinajstić information content (AvgIpc) is 2.10. The van der Waals surface area contributed by atoms with Crippen molar-refractivity contribution in [2.45, 2.75) is 32.4 Å². The molecule has 0 radical (unpaired) electrons. The van der Waals surface area contributed by atoms with E-state index in [1.54, 1.807) is 13.8 Å². The van der Waals surface area contributed by atoms with Crippen LogP contribution in [0.1, 0.15) is 20.8 Å². The van der Waals surface area contributed by atoms with Crippen molar-refractivity contribution in [3.05, 3.63) is 0 Å². The van der Waals surface area contributed by atoms with Crippen molar-refractivity contribution in [3.63, 3.8) is 0 Å². The van der Waals surface area contributed by atoms with Gasteiger partial charge in [0.15, 0.2) is 0 Å². The van der Waals surface area contributed by atoms with Crippen LogP contribution >= 0.6 is 0 Å². The summed E-state index contributed by atoms with van der Waals surface area (Å²) in [5.74, 6) is 0. The van der Waals surface area contributed by atoms with Gasteiger partial charge in [-0.15, -0.1) is 0 Å². The normalized spacial score (nSPS) is 14.9. The molecule has 3 N–H and O–H groups in total. The van der Waals surface area contributed by atoms with Crippen molar-refractivity contribution in [2.24, 2.45) is 0 Å². The minimum atomic E-state index is -3.22. The number of ether oxygens (including phenoxy) is 1. The third-order valence-corrected chi connectivity index (χ3v) is 2.85. The van der Waals surface area contributed by atoms with Crippen LogP contribution in [0.25, 0.3) is 0 Å². The van der Waals surface area contributed by atoms with E-state index < -0.39 is 21.7 Å².